The van der Waals surface area contributed by atoms with Crippen LogP contribution in [-0.4, -0.2) is 24.5 Å². The van der Waals surface area contributed by atoms with Gasteiger partial charge in [0.05, 0.1) is 24.9 Å². The van der Waals surface area contributed by atoms with E-state index in [0.717, 1.165) is 4.88 Å². The van der Waals surface area contributed by atoms with Gasteiger partial charge in [-0.1, -0.05) is 11.6 Å². The minimum absolute atomic E-state index is 0.308. The van der Waals surface area contributed by atoms with Gasteiger partial charge in [-0.3, -0.25) is 4.79 Å². The van der Waals surface area contributed by atoms with E-state index in [2.05, 4.69) is 9.69 Å². The quantitative estimate of drug-likeness (QED) is 0.940. The Morgan fingerprint density at radius 1 is 1.25 bits per heavy atom. The third kappa shape index (κ3) is 3.02. The lowest BCUT2D eigenvalue weighted by Crippen LogP contribution is -2.13. The van der Waals surface area contributed by atoms with Crippen LogP contribution < -0.4 is 14.8 Å². The fourth-order valence-corrected chi connectivity index (χ4v) is 2.39. The van der Waals surface area contributed by atoms with E-state index in [-0.39, 0.29) is 5.91 Å². The largest absolute Gasteiger partial charge is 0.495 e. The topological polar surface area (TPSA) is 60.5 Å². The molecule has 2 rings (SSSR count). The molecule has 0 atom stereocenters. The highest BCUT2D eigenvalue weighted by molar-refractivity contribution is 7.05. The van der Waals surface area contributed by atoms with Crippen molar-refractivity contribution in [1.29, 1.82) is 0 Å². The van der Waals surface area contributed by atoms with Crippen LogP contribution in [-0.2, 0) is 0 Å². The number of nitrogens with zero attached hydrogens (tertiary/aromatic N) is 1. The van der Waals surface area contributed by atoms with Crippen LogP contribution in [0.15, 0.2) is 18.2 Å². The van der Waals surface area contributed by atoms with E-state index >= 15 is 0 Å². The average Bonchev–Trinajstić information content (AvgIpc) is 2.87. The first-order valence-corrected chi connectivity index (χ1v) is 6.86. The van der Waals surface area contributed by atoms with E-state index in [1.165, 1.54) is 25.8 Å². The van der Waals surface area contributed by atoms with Crippen molar-refractivity contribution in [3.63, 3.8) is 0 Å². The number of methoxy groups -OCH3 is 2. The van der Waals surface area contributed by atoms with Gasteiger partial charge in [-0.05, 0) is 24.5 Å². The van der Waals surface area contributed by atoms with Crippen molar-refractivity contribution in [2.75, 3.05) is 19.5 Å². The molecule has 7 heteroatoms. The number of carbonyl (C=O) groups excluding carboxylic acids is 1. The predicted molar refractivity (Wildman–Crippen MR) is 79.4 cm³/mol. The summed E-state index contributed by atoms with van der Waals surface area (Å²) in [5.74, 6) is 0.602. The highest BCUT2D eigenvalue weighted by Gasteiger charge is 2.15. The molecule has 0 aliphatic rings. The van der Waals surface area contributed by atoms with E-state index in [0.29, 0.717) is 27.9 Å². The monoisotopic (exact) mass is 312 g/mol. The van der Waals surface area contributed by atoms with Crippen molar-refractivity contribution in [3.8, 4) is 11.5 Å². The lowest BCUT2D eigenvalue weighted by Gasteiger charge is -2.12. The summed E-state index contributed by atoms with van der Waals surface area (Å²) >= 11 is 7.28. The Labute approximate surface area is 125 Å². The number of hydrogen-bond acceptors (Lipinski definition) is 5. The van der Waals surface area contributed by atoms with Crippen molar-refractivity contribution in [2.45, 2.75) is 6.92 Å². The maximum Gasteiger partial charge on any atom is 0.275 e. The zero-order valence-electron chi connectivity index (χ0n) is 11.2. The first-order valence-electron chi connectivity index (χ1n) is 5.71. The Bertz CT molecular complexity index is 643. The number of benzene rings is 1. The Morgan fingerprint density at radius 2 is 1.95 bits per heavy atom. The number of anilines is 1. The van der Waals surface area contributed by atoms with Gasteiger partial charge < -0.3 is 14.8 Å². The van der Waals surface area contributed by atoms with E-state index in [1.54, 1.807) is 18.2 Å². The molecule has 2 aromatic rings. The summed E-state index contributed by atoms with van der Waals surface area (Å²) in [6, 6.07) is 4.92. The zero-order valence-corrected chi connectivity index (χ0v) is 12.8. The number of aromatic nitrogens is 1. The van der Waals surface area contributed by atoms with Gasteiger partial charge in [-0.15, -0.1) is 0 Å². The standard InChI is InChI=1S/C13H13ClN2O3S/c1-7-4-10(16-20-7)13(17)15-9-6-11(18-2)8(14)5-12(9)19-3/h4-6H,1-3H3,(H,15,17). The van der Waals surface area contributed by atoms with Crippen LogP contribution in [0.2, 0.25) is 5.02 Å². The molecule has 0 saturated carbocycles. The van der Waals surface area contributed by atoms with E-state index in [9.17, 15) is 4.79 Å². The maximum absolute atomic E-state index is 12.1. The van der Waals surface area contributed by atoms with Gasteiger partial charge in [-0.2, -0.15) is 4.37 Å². The highest BCUT2D eigenvalue weighted by Crippen LogP contribution is 2.36. The van der Waals surface area contributed by atoms with Crippen molar-refractivity contribution in [3.05, 3.63) is 33.8 Å². The lowest BCUT2D eigenvalue weighted by atomic mass is 10.2. The summed E-state index contributed by atoms with van der Waals surface area (Å²) in [5, 5.41) is 3.14. The number of aryl methyl sites for hydroxylation is 1. The summed E-state index contributed by atoms with van der Waals surface area (Å²) in [6.07, 6.45) is 0. The molecule has 0 fully saturated rings. The molecule has 0 aliphatic heterocycles. The van der Waals surface area contributed by atoms with Crippen molar-refractivity contribution < 1.29 is 14.3 Å². The Morgan fingerprint density at radius 3 is 2.50 bits per heavy atom. The number of rotatable bonds is 4. The van der Waals surface area contributed by atoms with E-state index in [4.69, 9.17) is 21.1 Å². The van der Waals surface area contributed by atoms with Gasteiger partial charge in [0.1, 0.15) is 17.2 Å². The fourth-order valence-electron chi connectivity index (χ4n) is 1.62. The van der Waals surface area contributed by atoms with Gasteiger partial charge in [0.15, 0.2) is 0 Å². The maximum atomic E-state index is 12.1. The third-order valence-electron chi connectivity index (χ3n) is 2.58. The Kier molecular flexibility index (Phi) is 4.46. The van der Waals surface area contributed by atoms with Crippen LogP contribution in [0.4, 0.5) is 5.69 Å². The van der Waals surface area contributed by atoms with E-state index in [1.807, 2.05) is 6.92 Å². The van der Waals surface area contributed by atoms with Gasteiger partial charge in [-0.25, -0.2) is 0 Å². The minimum atomic E-state index is -0.308. The number of carbonyl (C=O) groups is 1. The van der Waals surface area contributed by atoms with Crippen molar-refractivity contribution in [2.24, 2.45) is 0 Å². The fraction of sp³-hybridized carbons (Fsp3) is 0.231. The molecule has 1 aromatic heterocycles. The molecule has 1 aromatic carbocycles. The Hall–Kier alpha value is -1.79. The molecule has 1 N–H and O–H groups in total. The molecule has 1 amide bonds. The summed E-state index contributed by atoms with van der Waals surface area (Å²) in [5.41, 5.74) is 0.841. The van der Waals surface area contributed by atoms with Gasteiger partial charge >= 0.3 is 0 Å². The number of ether oxygens (including phenoxy) is 2. The molecular formula is C13H13ClN2O3S. The Balaban J connectivity index is 2.30. The van der Waals surface area contributed by atoms with Crippen LogP contribution in [0, 0.1) is 6.92 Å². The van der Waals surface area contributed by atoms with Crippen LogP contribution in [0.1, 0.15) is 15.4 Å². The zero-order chi connectivity index (χ0) is 14.7. The summed E-state index contributed by atoms with van der Waals surface area (Å²) in [4.78, 5) is 13.1. The number of halogens is 1. The molecule has 5 nitrogen and oxygen atoms in total. The molecule has 0 saturated heterocycles. The predicted octanol–water partition coefficient (Wildman–Crippen LogP) is 3.37. The number of nitrogens with one attached hydrogen (secondary N) is 1. The number of hydrogen-bond donors (Lipinski definition) is 1. The average molecular weight is 313 g/mol. The summed E-state index contributed by atoms with van der Waals surface area (Å²) in [7, 11) is 3.00. The van der Waals surface area contributed by atoms with Gasteiger partial charge in [0.2, 0.25) is 0 Å². The number of amides is 1. The molecular weight excluding hydrogens is 300 g/mol. The first kappa shape index (κ1) is 14.6. The van der Waals surface area contributed by atoms with Crippen LogP contribution in [0.25, 0.3) is 0 Å². The molecule has 0 radical (unpaired) electrons. The van der Waals surface area contributed by atoms with E-state index < -0.39 is 0 Å². The van der Waals surface area contributed by atoms with Crippen LogP contribution in [0.5, 0.6) is 11.5 Å². The summed E-state index contributed by atoms with van der Waals surface area (Å²) in [6.45, 7) is 1.89. The molecule has 106 valence electrons. The smallest absolute Gasteiger partial charge is 0.275 e. The molecule has 1 heterocycles. The molecule has 0 aliphatic carbocycles. The molecule has 20 heavy (non-hydrogen) atoms. The molecule has 0 unspecified atom stereocenters. The molecule has 0 bridgehead atoms. The van der Waals surface area contributed by atoms with Crippen LogP contribution in [0.3, 0.4) is 0 Å². The van der Waals surface area contributed by atoms with Crippen LogP contribution >= 0.6 is 23.1 Å². The highest BCUT2D eigenvalue weighted by atomic mass is 35.5. The lowest BCUT2D eigenvalue weighted by molar-refractivity contribution is 0.102. The van der Waals surface area contributed by atoms with Gasteiger partial charge in [0, 0.05) is 17.0 Å². The SMILES string of the molecule is COc1cc(NC(=O)c2cc(C)sn2)c(OC)cc1Cl. The van der Waals surface area contributed by atoms with Crippen molar-refractivity contribution in [1.82, 2.24) is 4.37 Å². The second kappa shape index (κ2) is 6.11. The minimum Gasteiger partial charge on any atom is -0.495 e. The summed E-state index contributed by atoms with van der Waals surface area (Å²) < 4.78 is 14.4. The molecule has 0 spiro atoms. The normalized spacial score (nSPS) is 10.2. The third-order valence-corrected chi connectivity index (χ3v) is 3.57. The first-order chi connectivity index (χ1) is 9.55. The van der Waals surface area contributed by atoms with Gasteiger partial charge in [0.25, 0.3) is 5.91 Å². The second-order valence-corrected chi connectivity index (χ2v) is 5.38. The van der Waals surface area contributed by atoms with Crippen molar-refractivity contribution >= 4 is 34.7 Å². The second-order valence-electron chi connectivity index (χ2n) is 3.96.